The first kappa shape index (κ1) is 25.6. The van der Waals surface area contributed by atoms with Gasteiger partial charge in [0, 0.05) is 23.3 Å². The van der Waals surface area contributed by atoms with Gasteiger partial charge in [0.05, 0.1) is 33.1 Å². The molecular weight excluding hydrogens is 498 g/mol. The largest absolute Gasteiger partial charge is 0.493 e. The first-order valence-corrected chi connectivity index (χ1v) is 12.2. The van der Waals surface area contributed by atoms with Gasteiger partial charge >= 0.3 is 0 Å². The highest BCUT2D eigenvalue weighted by molar-refractivity contribution is 7.80. The van der Waals surface area contributed by atoms with Crippen molar-refractivity contribution in [3.8, 4) is 28.4 Å². The van der Waals surface area contributed by atoms with E-state index in [-0.39, 0.29) is 11.5 Å². The lowest BCUT2D eigenvalue weighted by molar-refractivity contribution is 0.324. The zero-order valence-corrected chi connectivity index (χ0v) is 22.1. The van der Waals surface area contributed by atoms with E-state index in [1.54, 1.807) is 52.6 Å². The van der Waals surface area contributed by atoms with Crippen LogP contribution in [0.3, 0.4) is 0 Å². The van der Waals surface area contributed by atoms with Crippen LogP contribution >= 0.6 is 23.8 Å². The smallest absolute Gasteiger partial charge is 0.203 e. The predicted molar refractivity (Wildman–Crippen MR) is 149 cm³/mol. The molecule has 188 valence electrons. The second-order valence-corrected chi connectivity index (χ2v) is 9.10. The van der Waals surface area contributed by atoms with Crippen molar-refractivity contribution in [2.24, 2.45) is 0 Å². The number of aryl methyl sites for hydroxylation is 1. The zero-order chi connectivity index (χ0) is 25.8. The van der Waals surface area contributed by atoms with Crippen LogP contribution in [0.4, 0.5) is 11.4 Å². The minimum absolute atomic E-state index is 0.120. The lowest BCUT2D eigenvalue weighted by atomic mass is 9.95. The molecule has 0 unspecified atom stereocenters. The molecule has 36 heavy (non-hydrogen) atoms. The van der Waals surface area contributed by atoms with Crippen molar-refractivity contribution in [1.82, 2.24) is 5.32 Å². The molecule has 3 N–H and O–H groups in total. The lowest BCUT2D eigenvalue weighted by Gasteiger charge is -2.21. The highest BCUT2D eigenvalue weighted by atomic mass is 35.5. The highest BCUT2D eigenvalue weighted by Crippen LogP contribution is 2.50. The fourth-order valence-electron chi connectivity index (χ4n) is 4.53. The number of hydrogen-bond donors (Lipinski definition) is 3. The van der Waals surface area contributed by atoms with Crippen LogP contribution in [0.2, 0.25) is 5.02 Å². The number of thiocarbonyl (C=S) groups is 1. The summed E-state index contributed by atoms with van der Waals surface area (Å²) >= 11 is 11.6. The average molecular weight is 526 g/mol. The van der Waals surface area contributed by atoms with Crippen molar-refractivity contribution in [3.05, 3.63) is 74.9 Å². The summed E-state index contributed by atoms with van der Waals surface area (Å²) in [5, 5.41) is 10.7. The Morgan fingerprint density at radius 2 is 1.72 bits per heavy atom. The Morgan fingerprint density at radius 1 is 1.00 bits per heavy atom. The third-order valence-corrected chi connectivity index (χ3v) is 6.69. The maximum Gasteiger partial charge on any atom is 0.203 e. The molecule has 3 aromatic carbocycles. The number of nitrogens with one attached hydrogen (secondary N) is 3. The van der Waals surface area contributed by atoms with Gasteiger partial charge in [-0.1, -0.05) is 17.7 Å². The van der Waals surface area contributed by atoms with Crippen LogP contribution in [0, 0.1) is 0 Å². The molecule has 0 saturated heterocycles. The van der Waals surface area contributed by atoms with Gasteiger partial charge in [0.2, 0.25) is 11.2 Å². The van der Waals surface area contributed by atoms with E-state index in [1.807, 2.05) is 24.3 Å². The molecule has 1 aliphatic carbocycles. The van der Waals surface area contributed by atoms with E-state index in [0.29, 0.717) is 45.9 Å². The summed E-state index contributed by atoms with van der Waals surface area (Å²) in [6, 6.07) is 14.4. The second-order valence-electron chi connectivity index (χ2n) is 8.25. The molecule has 0 saturated carbocycles. The molecule has 0 amide bonds. The summed E-state index contributed by atoms with van der Waals surface area (Å²) in [4.78, 5) is 13.1. The molecule has 1 atom stereocenters. The van der Waals surface area contributed by atoms with Crippen molar-refractivity contribution < 1.29 is 14.2 Å². The highest BCUT2D eigenvalue weighted by Gasteiger charge is 2.29. The zero-order valence-electron chi connectivity index (χ0n) is 20.5. The van der Waals surface area contributed by atoms with Gasteiger partial charge in [0.25, 0.3) is 0 Å². The number of methoxy groups -OCH3 is 3. The van der Waals surface area contributed by atoms with E-state index in [0.717, 1.165) is 27.9 Å². The predicted octanol–water partition coefficient (Wildman–Crippen LogP) is 5.41. The fraction of sp³-hybridized carbons (Fsp3) is 0.259. The van der Waals surface area contributed by atoms with Gasteiger partial charge in [0.1, 0.15) is 0 Å². The van der Waals surface area contributed by atoms with E-state index in [4.69, 9.17) is 38.0 Å². The van der Waals surface area contributed by atoms with E-state index >= 15 is 0 Å². The number of benzene rings is 2. The van der Waals surface area contributed by atoms with Crippen molar-refractivity contribution in [1.29, 1.82) is 0 Å². The Balaban J connectivity index is 1.85. The van der Waals surface area contributed by atoms with Gasteiger partial charge in [-0.25, -0.2) is 0 Å². The monoisotopic (exact) mass is 525 g/mol. The first-order chi connectivity index (χ1) is 17.4. The van der Waals surface area contributed by atoms with Crippen LogP contribution in [0.5, 0.6) is 17.2 Å². The van der Waals surface area contributed by atoms with Gasteiger partial charge in [-0.2, -0.15) is 0 Å². The summed E-state index contributed by atoms with van der Waals surface area (Å²) in [7, 11) is 6.51. The topological polar surface area (TPSA) is 80.9 Å². The van der Waals surface area contributed by atoms with Crippen molar-refractivity contribution in [2.75, 3.05) is 39.0 Å². The normalized spacial score (nSPS) is 14.0. The number of ether oxygens (including phenoxy) is 3. The molecule has 3 aromatic rings. The number of fused-ring (bicyclic) bond motifs is 3. The summed E-state index contributed by atoms with van der Waals surface area (Å²) in [5.41, 5.74) is 4.73. The molecule has 0 aromatic heterocycles. The average Bonchev–Trinajstić information content (AvgIpc) is 3.12. The molecule has 7 nitrogen and oxygen atoms in total. The quantitative estimate of drug-likeness (QED) is 0.369. The van der Waals surface area contributed by atoms with E-state index in [9.17, 15) is 4.79 Å². The molecule has 4 rings (SSSR count). The molecule has 0 bridgehead atoms. The number of halogens is 1. The standard InChI is InChI=1S/C27H28ClN3O4S/c1-29-21-12-10-18-19(14-22(21)32)20(31-27(36)30-17-8-6-16(28)7-9-17)11-5-15-13-23(33-2)25(34-3)26(35-4)24(15)18/h6-10,12-14,20H,5,11H2,1-4H3,(H,29,32)(H2,30,31,36)/t20-/m0/s1. The van der Waals surface area contributed by atoms with Gasteiger partial charge in [0.15, 0.2) is 16.6 Å². The van der Waals surface area contributed by atoms with Gasteiger partial charge < -0.3 is 30.2 Å². The summed E-state index contributed by atoms with van der Waals surface area (Å²) in [5.74, 6) is 1.64. The molecule has 9 heteroatoms. The van der Waals surface area contributed by atoms with Crippen molar-refractivity contribution in [3.63, 3.8) is 0 Å². The molecule has 0 aliphatic heterocycles. The van der Waals surface area contributed by atoms with E-state index in [1.165, 1.54) is 0 Å². The minimum atomic E-state index is -0.244. The third kappa shape index (κ3) is 5.05. The Kier molecular flexibility index (Phi) is 7.86. The Labute approximate surface area is 220 Å². The molecule has 0 heterocycles. The van der Waals surface area contributed by atoms with Crippen molar-refractivity contribution in [2.45, 2.75) is 18.9 Å². The Bertz CT molecular complexity index is 1350. The van der Waals surface area contributed by atoms with Gasteiger partial charge in [-0.15, -0.1) is 0 Å². The summed E-state index contributed by atoms with van der Waals surface area (Å²) in [6.45, 7) is 0. The lowest BCUT2D eigenvalue weighted by Crippen LogP contribution is -2.32. The maximum absolute atomic E-state index is 13.1. The first-order valence-electron chi connectivity index (χ1n) is 11.4. The van der Waals surface area contributed by atoms with Crippen LogP contribution in [-0.2, 0) is 6.42 Å². The van der Waals surface area contributed by atoms with Gasteiger partial charge in [-0.05, 0) is 84.2 Å². The number of anilines is 2. The number of hydrogen-bond acceptors (Lipinski definition) is 6. The molecular formula is C27H28ClN3O4S. The second kappa shape index (κ2) is 11.1. The van der Waals surface area contributed by atoms with Crippen LogP contribution < -0.4 is 35.6 Å². The Morgan fingerprint density at radius 3 is 2.36 bits per heavy atom. The van der Waals surface area contributed by atoms with Crippen LogP contribution in [0.1, 0.15) is 23.6 Å². The van der Waals surface area contributed by atoms with Crippen LogP contribution in [0.25, 0.3) is 11.1 Å². The molecule has 0 radical (unpaired) electrons. The SMILES string of the molecule is CNc1ccc2c(cc1=O)[C@@H](NC(=S)Nc1ccc(Cl)cc1)CCc1cc(OC)c(OC)c(OC)c1-2. The van der Waals surface area contributed by atoms with Gasteiger partial charge in [-0.3, -0.25) is 4.79 Å². The van der Waals surface area contributed by atoms with E-state index in [2.05, 4.69) is 16.0 Å². The molecule has 1 aliphatic rings. The fourth-order valence-corrected chi connectivity index (χ4v) is 4.91. The molecule has 0 fully saturated rings. The summed E-state index contributed by atoms with van der Waals surface area (Å²) < 4.78 is 17.1. The van der Waals surface area contributed by atoms with Crippen LogP contribution in [-0.4, -0.2) is 33.5 Å². The maximum atomic E-state index is 13.1. The minimum Gasteiger partial charge on any atom is -0.493 e. The Hall–Kier alpha value is -3.49. The summed E-state index contributed by atoms with van der Waals surface area (Å²) in [6.07, 6.45) is 1.37. The number of rotatable bonds is 6. The molecule has 0 spiro atoms. The van der Waals surface area contributed by atoms with Crippen molar-refractivity contribution >= 4 is 40.3 Å². The third-order valence-electron chi connectivity index (χ3n) is 6.22. The van der Waals surface area contributed by atoms with Crippen LogP contribution in [0.15, 0.2) is 53.3 Å². The van der Waals surface area contributed by atoms with E-state index < -0.39 is 0 Å².